The van der Waals surface area contributed by atoms with Crippen LogP contribution in [0, 0.1) is 19.7 Å². The highest BCUT2D eigenvalue weighted by Crippen LogP contribution is 2.10. The highest BCUT2D eigenvalue weighted by Gasteiger charge is 2.10. The monoisotopic (exact) mass is 297 g/mol. The highest BCUT2D eigenvalue weighted by atomic mass is 19.1. The predicted molar refractivity (Wildman–Crippen MR) is 82.2 cm³/mol. The summed E-state index contributed by atoms with van der Waals surface area (Å²) < 4.78 is 15.0. The Morgan fingerprint density at radius 1 is 1.27 bits per heavy atom. The fraction of sp³-hybridized carbons (Fsp3) is 0.176. The molecule has 1 amide bonds. The van der Waals surface area contributed by atoms with Crippen molar-refractivity contribution >= 4 is 11.6 Å². The summed E-state index contributed by atoms with van der Waals surface area (Å²) >= 11 is 0. The summed E-state index contributed by atoms with van der Waals surface area (Å²) in [6, 6.07) is 8.67. The lowest BCUT2D eigenvalue weighted by atomic mass is 10.1. The van der Waals surface area contributed by atoms with Gasteiger partial charge in [-0.05, 0) is 48.7 Å². The number of imidazole rings is 1. The molecule has 0 bridgehead atoms. The number of rotatable bonds is 3. The molecule has 0 aliphatic carbocycles. The van der Waals surface area contributed by atoms with Crippen LogP contribution in [0.3, 0.4) is 0 Å². The number of halogens is 1. The Bertz CT molecular complexity index is 854. The van der Waals surface area contributed by atoms with Crippen molar-refractivity contribution in [2.24, 2.45) is 0 Å². The average Bonchev–Trinajstić information content (AvgIpc) is 2.91. The minimum absolute atomic E-state index is 0.245. The predicted octanol–water partition coefficient (Wildman–Crippen LogP) is 3.02. The van der Waals surface area contributed by atoms with Crippen LogP contribution in [0.15, 0.2) is 42.7 Å². The molecule has 2 aromatic heterocycles. The van der Waals surface area contributed by atoms with Crippen LogP contribution < -0.4 is 5.32 Å². The minimum atomic E-state index is -0.247. The van der Waals surface area contributed by atoms with Gasteiger partial charge in [0.05, 0.1) is 0 Å². The van der Waals surface area contributed by atoms with Gasteiger partial charge in [0.15, 0.2) is 0 Å². The highest BCUT2D eigenvalue weighted by molar-refractivity contribution is 5.92. The number of pyridine rings is 1. The number of hydrogen-bond donors (Lipinski definition) is 1. The van der Waals surface area contributed by atoms with Crippen LogP contribution in [0.5, 0.6) is 0 Å². The molecule has 5 heteroatoms. The Balaban J connectivity index is 1.74. The maximum absolute atomic E-state index is 13.2. The van der Waals surface area contributed by atoms with Crippen LogP contribution in [0.1, 0.15) is 27.2 Å². The maximum atomic E-state index is 13.2. The van der Waals surface area contributed by atoms with E-state index in [1.165, 1.54) is 6.07 Å². The molecule has 2 heterocycles. The van der Waals surface area contributed by atoms with E-state index in [1.54, 1.807) is 25.3 Å². The van der Waals surface area contributed by atoms with E-state index in [4.69, 9.17) is 0 Å². The van der Waals surface area contributed by atoms with E-state index in [1.807, 2.05) is 29.7 Å². The van der Waals surface area contributed by atoms with Gasteiger partial charge in [0, 0.05) is 18.9 Å². The van der Waals surface area contributed by atoms with Gasteiger partial charge in [0.1, 0.15) is 17.2 Å². The molecule has 0 aliphatic heterocycles. The summed E-state index contributed by atoms with van der Waals surface area (Å²) in [5.74, 6) is -0.492. The average molecular weight is 297 g/mol. The van der Waals surface area contributed by atoms with Gasteiger partial charge < -0.3 is 9.72 Å². The van der Waals surface area contributed by atoms with Gasteiger partial charge in [-0.25, -0.2) is 9.37 Å². The molecule has 0 fully saturated rings. The van der Waals surface area contributed by atoms with E-state index in [-0.39, 0.29) is 11.7 Å². The first kappa shape index (κ1) is 14.3. The number of aromatic nitrogens is 2. The van der Waals surface area contributed by atoms with Gasteiger partial charge >= 0.3 is 0 Å². The fourth-order valence-electron chi connectivity index (χ4n) is 2.28. The van der Waals surface area contributed by atoms with Crippen molar-refractivity contribution in [2.75, 3.05) is 0 Å². The second-order valence-electron chi connectivity index (χ2n) is 5.36. The third-order valence-corrected chi connectivity index (χ3v) is 3.52. The summed E-state index contributed by atoms with van der Waals surface area (Å²) in [5, 5.41) is 2.80. The maximum Gasteiger partial charge on any atom is 0.271 e. The Morgan fingerprint density at radius 2 is 2.09 bits per heavy atom. The molecule has 22 heavy (non-hydrogen) atoms. The number of fused-ring (bicyclic) bond motifs is 1. The molecule has 0 saturated carbocycles. The van der Waals surface area contributed by atoms with Crippen molar-refractivity contribution in [3.05, 3.63) is 70.9 Å². The van der Waals surface area contributed by atoms with Crippen LogP contribution in [-0.4, -0.2) is 15.3 Å². The molecule has 0 radical (unpaired) electrons. The van der Waals surface area contributed by atoms with Crippen molar-refractivity contribution < 1.29 is 9.18 Å². The first-order chi connectivity index (χ1) is 10.5. The van der Waals surface area contributed by atoms with Gasteiger partial charge in [0.2, 0.25) is 0 Å². The van der Waals surface area contributed by atoms with Crippen molar-refractivity contribution in [3.8, 4) is 0 Å². The summed E-state index contributed by atoms with van der Waals surface area (Å²) in [6.45, 7) is 4.02. The van der Waals surface area contributed by atoms with Crippen LogP contribution >= 0.6 is 0 Å². The molecular weight excluding hydrogens is 281 g/mol. The smallest absolute Gasteiger partial charge is 0.271 e. The summed E-state index contributed by atoms with van der Waals surface area (Å²) in [5.41, 5.74) is 3.61. The van der Waals surface area contributed by atoms with E-state index < -0.39 is 0 Å². The topological polar surface area (TPSA) is 46.4 Å². The van der Waals surface area contributed by atoms with E-state index in [2.05, 4.69) is 10.3 Å². The number of benzene rings is 1. The van der Waals surface area contributed by atoms with Crippen molar-refractivity contribution in [1.82, 2.24) is 14.7 Å². The molecule has 3 aromatic rings. The quantitative estimate of drug-likeness (QED) is 0.807. The van der Waals surface area contributed by atoms with Crippen molar-refractivity contribution in [3.63, 3.8) is 0 Å². The molecule has 112 valence electrons. The number of carbonyl (C=O) groups excluding carboxylic acids is 1. The van der Waals surface area contributed by atoms with Crippen LogP contribution in [0.2, 0.25) is 0 Å². The minimum Gasteiger partial charge on any atom is -0.347 e. The van der Waals surface area contributed by atoms with Crippen molar-refractivity contribution in [2.45, 2.75) is 20.4 Å². The van der Waals surface area contributed by atoms with E-state index in [9.17, 15) is 9.18 Å². The number of carbonyl (C=O) groups is 1. The molecule has 0 unspecified atom stereocenters. The lowest BCUT2D eigenvalue weighted by Crippen LogP contribution is -2.23. The summed E-state index contributed by atoms with van der Waals surface area (Å²) in [7, 11) is 0. The number of nitrogens with one attached hydrogen (secondary N) is 1. The number of hydrogen-bond acceptors (Lipinski definition) is 2. The zero-order valence-corrected chi connectivity index (χ0v) is 12.4. The first-order valence-corrected chi connectivity index (χ1v) is 7.01. The van der Waals surface area contributed by atoms with Crippen LogP contribution in [-0.2, 0) is 6.54 Å². The lowest BCUT2D eigenvalue weighted by molar-refractivity contribution is 0.0946. The zero-order valence-electron chi connectivity index (χ0n) is 12.4. The Hall–Kier alpha value is -2.69. The van der Waals surface area contributed by atoms with Crippen molar-refractivity contribution in [1.29, 1.82) is 0 Å². The Morgan fingerprint density at radius 3 is 2.86 bits per heavy atom. The summed E-state index contributed by atoms with van der Waals surface area (Å²) in [4.78, 5) is 16.5. The van der Waals surface area contributed by atoms with Gasteiger partial charge in [-0.1, -0.05) is 12.1 Å². The molecule has 1 aromatic carbocycles. The number of nitrogens with zero attached hydrogens (tertiary/aromatic N) is 2. The molecule has 0 aliphatic rings. The van der Waals surface area contributed by atoms with Crippen LogP contribution in [0.4, 0.5) is 4.39 Å². The molecule has 0 atom stereocenters. The molecule has 0 spiro atoms. The van der Waals surface area contributed by atoms with Gasteiger partial charge in [-0.3, -0.25) is 4.79 Å². The van der Waals surface area contributed by atoms with Crippen LogP contribution in [0.25, 0.3) is 5.65 Å². The van der Waals surface area contributed by atoms with E-state index in [0.717, 1.165) is 16.8 Å². The molecule has 3 rings (SSSR count). The molecule has 4 nitrogen and oxygen atoms in total. The van der Waals surface area contributed by atoms with Gasteiger partial charge in [-0.15, -0.1) is 0 Å². The van der Waals surface area contributed by atoms with E-state index >= 15 is 0 Å². The SMILES string of the molecule is Cc1ccn2cc(C(=O)NCc3ccc(F)c(C)c3)nc2c1. The first-order valence-electron chi connectivity index (χ1n) is 7.01. The summed E-state index contributed by atoms with van der Waals surface area (Å²) in [6.07, 6.45) is 3.57. The fourth-order valence-corrected chi connectivity index (χ4v) is 2.28. The van der Waals surface area contributed by atoms with E-state index in [0.29, 0.717) is 17.8 Å². The third-order valence-electron chi connectivity index (χ3n) is 3.52. The number of aryl methyl sites for hydroxylation is 2. The Kier molecular flexibility index (Phi) is 3.63. The van der Waals surface area contributed by atoms with Gasteiger partial charge in [-0.2, -0.15) is 0 Å². The lowest BCUT2D eigenvalue weighted by Gasteiger charge is -2.05. The second kappa shape index (κ2) is 5.60. The molecular formula is C17H16FN3O. The molecule has 0 saturated heterocycles. The largest absolute Gasteiger partial charge is 0.347 e. The Labute approximate surface area is 127 Å². The van der Waals surface area contributed by atoms with Gasteiger partial charge in [0.25, 0.3) is 5.91 Å². The second-order valence-corrected chi connectivity index (χ2v) is 5.36. The third kappa shape index (κ3) is 2.83. The number of amides is 1. The standard InChI is InChI=1S/C17H16FN3O/c1-11-5-6-21-10-15(20-16(21)7-11)17(22)19-9-13-3-4-14(18)12(2)8-13/h3-8,10H,9H2,1-2H3,(H,19,22). The zero-order chi connectivity index (χ0) is 15.7. The molecule has 1 N–H and O–H groups in total. The normalized spacial score (nSPS) is 10.9.